The highest BCUT2D eigenvalue weighted by Gasteiger charge is 2.35. The van der Waals surface area contributed by atoms with Crippen LogP contribution in [0.2, 0.25) is 0 Å². The highest BCUT2D eigenvalue weighted by atomic mass is 19.1. The molecule has 1 aliphatic carbocycles. The first-order valence-electron chi connectivity index (χ1n) is 12.4. The molecule has 0 aliphatic heterocycles. The van der Waals surface area contributed by atoms with E-state index in [0.717, 1.165) is 28.1 Å². The summed E-state index contributed by atoms with van der Waals surface area (Å²) in [6.45, 7) is 0. The number of aromatic nitrogens is 2. The van der Waals surface area contributed by atoms with Crippen LogP contribution >= 0.6 is 0 Å². The summed E-state index contributed by atoms with van der Waals surface area (Å²) in [6.07, 6.45) is 2.72. The molecule has 1 atom stereocenters. The maximum Gasteiger partial charge on any atom is 0.256 e. The molecule has 0 bridgehead atoms. The van der Waals surface area contributed by atoms with Gasteiger partial charge in [0.1, 0.15) is 11.6 Å². The van der Waals surface area contributed by atoms with Gasteiger partial charge in [0, 0.05) is 61.9 Å². The number of nitrogens with one attached hydrogen (secondary N) is 2. The Morgan fingerprint density at radius 1 is 1.05 bits per heavy atom. The number of benzene rings is 2. The lowest BCUT2D eigenvalue weighted by Crippen LogP contribution is -2.35. The number of anilines is 1. The van der Waals surface area contributed by atoms with Crippen molar-refractivity contribution in [1.29, 1.82) is 0 Å². The molecule has 192 valence electrons. The van der Waals surface area contributed by atoms with Gasteiger partial charge in [0.15, 0.2) is 5.78 Å². The van der Waals surface area contributed by atoms with E-state index in [1.165, 1.54) is 29.2 Å². The number of Topliss-reactive ketones (excluding diaryl/α,β-unsaturated/α-hetero) is 1. The Labute approximate surface area is 219 Å². The lowest BCUT2D eigenvalue weighted by molar-refractivity contribution is -0.133. The lowest BCUT2D eigenvalue weighted by atomic mass is 9.83. The zero-order chi connectivity index (χ0) is 26.8. The molecule has 7 nitrogen and oxygen atoms in total. The van der Waals surface area contributed by atoms with E-state index in [-0.39, 0.29) is 18.1 Å². The first-order chi connectivity index (χ1) is 18.3. The molecule has 1 aliphatic rings. The van der Waals surface area contributed by atoms with Crippen molar-refractivity contribution in [3.8, 4) is 11.3 Å². The van der Waals surface area contributed by atoms with E-state index in [4.69, 9.17) is 0 Å². The van der Waals surface area contributed by atoms with Crippen LogP contribution in [-0.4, -0.2) is 46.6 Å². The zero-order valence-electron chi connectivity index (χ0n) is 21.1. The molecule has 2 amide bonds. The number of rotatable bonds is 6. The number of carbonyl (C=O) groups is 3. The van der Waals surface area contributed by atoms with Gasteiger partial charge < -0.3 is 15.2 Å². The summed E-state index contributed by atoms with van der Waals surface area (Å²) in [5.74, 6) is -1.05. The Bertz CT molecular complexity index is 1510. The Morgan fingerprint density at radius 2 is 1.79 bits per heavy atom. The van der Waals surface area contributed by atoms with Gasteiger partial charge in [-0.2, -0.15) is 0 Å². The first kappa shape index (κ1) is 25.1. The molecule has 0 saturated heterocycles. The van der Waals surface area contributed by atoms with E-state index in [1.807, 2.05) is 36.4 Å². The standard InChI is InChI=1S/C30H27FN4O3/c1-35(2)30(38)21-15-24-27(25(36)16-21)23(14-18-6-4-3-5-7-18)28(33-24)20-12-13-32-26(17-20)34-29(37)19-8-10-22(31)11-9-19/h3-13,17,21,33H,14-16H2,1-2H3,(H,32,34,37). The largest absolute Gasteiger partial charge is 0.358 e. The minimum Gasteiger partial charge on any atom is -0.358 e. The van der Waals surface area contributed by atoms with Gasteiger partial charge >= 0.3 is 0 Å². The molecule has 0 saturated carbocycles. The number of H-pyrrole nitrogens is 1. The van der Waals surface area contributed by atoms with E-state index in [2.05, 4.69) is 15.3 Å². The number of hydrogen-bond acceptors (Lipinski definition) is 4. The molecule has 1 unspecified atom stereocenters. The maximum atomic E-state index is 13.4. The quantitative estimate of drug-likeness (QED) is 0.386. The smallest absolute Gasteiger partial charge is 0.256 e. The van der Waals surface area contributed by atoms with Gasteiger partial charge in [-0.1, -0.05) is 30.3 Å². The van der Waals surface area contributed by atoms with Crippen LogP contribution in [-0.2, 0) is 17.6 Å². The van der Waals surface area contributed by atoms with Gasteiger partial charge in [-0.05, 0) is 47.5 Å². The van der Waals surface area contributed by atoms with Gasteiger partial charge in [-0.15, -0.1) is 0 Å². The van der Waals surface area contributed by atoms with Crippen LogP contribution in [0.25, 0.3) is 11.3 Å². The molecule has 2 aromatic heterocycles. The summed E-state index contributed by atoms with van der Waals surface area (Å²) in [5.41, 5.74) is 5.10. The number of ketones is 1. The molecule has 8 heteroatoms. The fourth-order valence-corrected chi connectivity index (χ4v) is 4.94. The Kier molecular flexibility index (Phi) is 6.87. The summed E-state index contributed by atoms with van der Waals surface area (Å²) in [7, 11) is 3.39. The zero-order valence-corrected chi connectivity index (χ0v) is 21.1. The first-order valence-corrected chi connectivity index (χ1v) is 12.4. The van der Waals surface area contributed by atoms with Crippen molar-refractivity contribution in [3.05, 3.63) is 107 Å². The second-order valence-corrected chi connectivity index (χ2v) is 9.65. The molecule has 5 rings (SSSR count). The molecule has 0 spiro atoms. The third-order valence-corrected chi connectivity index (χ3v) is 6.75. The highest BCUT2D eigenvalue weighted by Crippen LogP contribution is 2.37. The molecule has 2 N–H and O–H groups in total. The Morgan fingerprint density at radius 3 is 2.50 bits per heavy atom. The monoisotopic (exact) mass is 510 g/mol. The predicted molar refractivity (Wildman–Crippen MR) is 142 cm³/mol. The van der Waals surface area contributed by atoms with E-state index in [9.17, 15) is 18.8 Å². The van der Waals surface area contributed by atoms with Crippen LogP contribution < -0.4 is 5.32 Å². The molecular formula is C30H27FN4O3. The number of carbonyl (C=O) groups excluding carboxylic acids is 3. The number of nitrogens with zero attached hydrogens (tertiary/aromatic N) is 2. The minimum atomic E-state index is -0.424. The van der Waals surface area contributed by atoms with Gasteiger partial charge in [0.05, 0.1) is 11.6 Å². The van der Waals surface area contributed by atoms with Gasteiger partial charge in [0.25, 0.3) is 5.91 Å². The van der Waals surface area contributed by atoms with Gasteiger partial charge in [0.2, 0.25) is 5.91 Å². The number of pyridine rings is 1. The number of halogens is 1. The highest BCUT2D eigenvalue weighted by molar-refractivity contribution is 6.05. The Hall–Kier alpha value is -4.59. The van der Waals surface area contributed by atoms with Crippen molar-refractivity contribution in [2.45, 2.75) is 19.3 Å². The molecule has 0 fully saturated rings. The maximum absolute atomic E-state index is 13.4. The SMILES string of the molecule is CN(C)C(=O)C1CC(=O)c2c([nH]c(-c3ccnc(NC(=O)c4ccc(F)cc4)c3)c2Cc2ccccc2)C1. The topological polar surface area (TPSA) is 95.2 Å². The second kappa shape index (κ2) is 10.4. The molecule has 38 heavy (non-hydrogen) atoms. The van der Waals surface area contributed by atoms with Crippen molar-refractivity contribution in [3.63, 3.8) is 0 Å². The van der Waals surface area contributed by atoms with Gasteiger partial charge in [-0.25, -0.2) is 9.37 Å². The lowest BCUT2D eigenvalue weighted by Gasteiger charge is -2.24. The molecular weight excluding hydrogens is 483 g/mol. The normalized spacial score (nSPS) is 14.6. The van der Waals surface area contributed by atoms with Crippen molar-refractivity contribution in [1.82, 2.24) is 14.9 Å². The van der Waals surface area contributed by atoms with Crippen LogP contribution in [0.1, 0.15) is 44.0 Å². The third-order valence-electron chi connectivity index (χ3n) is 6.75. The van der Waals surface area contributed by atoms with Crippen LogP contribution in [0.5, 0.6) is 0 Å². The summed E-state index contributed by atoms with van der Waals surface area (Å²) >= 11 is 0. The number of aromatic amines is 1. The second-order valence-electron chi connectivity index (χ2n) is 9.65. The van der Waals surface area contributed by atoms with Crippen molar-refractivity contribution in [2.24, 2.45) is 5.92 Å². The molecule has 4 aromatic rings. The fraction of sp³-hybridized carbons (Fsp3) is 0.200. The van der Waals surface area contributed by atoms with Crippen molar-refractivity contribution >= 4 is 23.4 Å². The number of hydrogen-bond donors (Lipinski definition) is 2. The molecule has 2 heterocycles. The summed E-state index contributed by atoms with van der Waals surface area (Å²) in [6, 6.07) is 18.7. The predicted octanol–water partition coefficient (Wildman–Crippen LogP) is 4.89. The summed E-state index contributed by atoms with van der Waals surface area (Å²) < 4.78 is 13.3. The van der Waals surface area contributed by atoms with Crippen LogP contribution in [0.3, 0.4) is 0 Å². The van der Waals surface area contributed by atoms with Crippen LogP contribution in [0.4, 0.5) is 10.2 Å². The average molecular weight is 511 g/mol. The van der Waals surface area contributed by atoms with E-state index < -0.39 is 17.6 Å². The van der Waals surface area contributed by atoms with Gasteiger partial charge in [-0.3, -0.25) is 14.4 Å². The minimum absolute atomic E-state index is 0.0567. The van der Waals surface area contributed by atoms with Crippen LogP contribution in [0.15, 0.2) is 72.9 Å². The van der Waals surface area contributed by atoms with Crippen molar-refractivity contribution in [2.75, 3.05) is 19.4 Å². The summed E-state index contributed by atoms with van der Waals surface area (Å²) in [4.78, 5) is 48.0. The number of amides is 2. The summed E-state index contributed by atoms with van der Waals surface area (Å²) in [5, 5.41) is 2.76. The third kappa shape index (κ3) is 5.11. The van der Waals surface area contributed by atoms with Crippen LogP contribution in [0, 0.1) is 11.7 Å². The van der Waals surface area contributed by atoms with E-state index in [1.54, 1.807) is 26.4 Å². The van der Waals surface area contributed by atoms with E-state index in [0.29, 0.717) is 29.8 Å². The molecule has 0 radical (unpaired) electrons. The average Bonchev–Trinajstić information content (AvgIpc) is 3.28. The van der Waals surface area contributed by atoms with E-state index >= 15 is 0 Å². The number of fused-ring (bicyclic) bond motifs is 1. The molecule has 2 aromatic carbocycles. The fourth-order valence-electron chi connectivity index (χ4n) is 4.94. The van der Waals surface area contributed by atoms with Crippen molar-refractivity contribution < 1.29 is 18.8 Å². The Balaban J connectivity index is 1.52.